The molecule has 0 aromatic heterocycles. The van der Waals surface area contributed by atoms with Crippen molar-refractivity contribution >= 4 is 16.5 Å². The quantitative estimate of drug-likeness (QED) is 0.647. The van der Waals surface area contributed by atoms with E-state index in [1.165, 1.54) is 0 Å². The summed E-state index contributed by atoms with van der Waals surface area (Å²) < 4.78 is 5.19. The van der Waals surface area contributed by atoms with Gasteiger partial charge in [-0.25, -0.2) is 0 Å². The van der Waals surface area contributed by atoms with Crippen LogP contribution in [-0.2, 0) is 0 Å². The lowest BCUT2D eigenvalue weighted by Crippen LogP contribution is -2.55. The molecule has 0 amide bonds. The second-order valence-corrected chi connectivity index (χ2v) is 19.4. The Kier molecular flexibility index (Phi) is 5.81. The minimum atomic E-state index is -1.37. The van der Waals surface area contributed by atoms with Crippen LogP contribution < -0.4 is 0 Å². The van der Waals surface area contributed by atoms with Gasteiger partial charge in [0.15, 0.2) is 0 Å². The minimum absolute atomic E-state index is 0.184. The van der Waals surface area contributed by atoms with E-state index in [0.717, 1.165) is 0 Å². The van der Waals surface area contributed by atoms with E-state index in [1.807, 2.05) is 0 Å². The highest BCUT2D eigenvalue weighted by Gasteiger charge is 2.33. The van der Waals surface area contributed by atoms with Crippen molar-refractivity contribution in [1.82, 2.24) is 9.13 Å². The summed E-state index contributed by atoms with van der Waals surface area (Å²) in [4.78, 5) is 0. The van der Waals surface area contributed by atoms with Crippen molar-refractivity contribution < 1.29 is 0 Å². The molecular weight excluding hydrogens is 276 g/mol. The Morgan fingerprint density at radius 2 is 0.750 bits per heavy atom. The van der Waals surface area contributed by atoms with Gasteiger partial charge in [0.2, 0.25) is 0 Å². The van der Waals surface area contributed by atoms with E-state index < -0.39 is 16.5 Å². The molecule has 0 radical (unpaired) electrons. The first kappa shape index (κ1) is 19.8. The predicted molar refractivity (Wildman–Crippen MR) is 99.0 cm³/mol. The van der Waals surface area contributed by atoms with Gasteiger partial charge >= 0.3 is 0 Å². The van der Waals surface area contributed by atoms with Crippen LogP contribution in [0.1, 0.15) is 41.5 Å². The molecule has 0 saturated carbocycles. The number of hydrogen-bond acceptors (Lipinski definition) is 2. The van der Waals surface area contributed by atoms with Gasteiger partial charge in [-0.1, -0.05) is 39.3 Å². The molecule has 4 heteroatoms. The summed E-state index contributed by atoms with van der Waals surface area (Å²) in [5.41, 5.74) is 0.369. The van der Waals surface area contributed by atoms with Gasteiger partial charge < -0.3 is 9.13 Å². The third-order valence-corrected chi connectivity index (χ3v) is 7.79. The van der Waals surface area contributed by atoms with E-state index >= 15 is 0 Å². The van der Waals surface area contributed by atoms with E-state index in [0.29, 0.717) is 0 Å². The molecule has 0 aliphatic carbocycles. The van der Waals surface area contributed by atoms with Gasteiger partial charge in [-0.05, 0) is 41.5 Å². The first-order chi connectivity index (χ1) is 8.47. The molecule has 0 N–H and O–H groups in total. The highest BCUT2D eigenvalue weighted by Crippen LogP contribution is 2.26. The molecule has 0 aromatic rings. The maximum Gasteiger partial charge on any atom is 0.147 e. The fourth-order valence-corrected chi connectivity index (χ4v) is 8.09. The van der Waals surface area contributed by atoms with Crippen LogP contribution in [0.4, 0.5) is 0 Å². The first-order valence-corrected chi connectivity index (χ1v) is 14.6. The monoisotopic (exact) mass is 314 g/mol. The van der Waals surface area contributed by atoms with Gasteiger partial charge in [-0.3, -0.25) is 0 Å². The lowest BCUT2D eigenvalue weighted by atomic mass is 10.1. The fourth-order valence-electron chi connectivity index (χ4n) is 3.04. The fraction of sp³-hybridized carbons (Fsp3) is 0.875. The summed E-state index contributed by atoms with van der Waals surface area (Å²) >= 11 is 0. The Hall–Kier alpha value is -0.226. The van der Waals surface area contributed by atoms with Crippen molar-refractivity contribution in [3.05, 3.63) is 12.4 Å². The minimum Gasteiger partial charge on any atom is -0.398 e. The summed E-state index contributed by atoms with van der Waals surface area (Å²) in [6.07, 6.45) is 4.71. The molecule has 0 spiro atoms. The molecule has 120 valence electrons. The van der Waals surface area contributed by atoms with Crippen molar-refractivity contribution in [3.8, 4) is 0 Å². The lowest BCUT2D eigenvalue weighted by molar-refractivity contribution is 0.288. The molecule has 0 bridgehead atoms. The van der Waals surface area contributed by atoms with Crippen LogP contribution in [-0.4, -0.2) is 36.7 Å². The van der Waals surface area contributed by atoms with Gasteiger partial charge in [-0.2, -0.15) is 0 Å². The van der Waals surface area contributed by atoms with Gasteiger partial charge in [0, 0.05) is 23.5 Å². The molecule has 0 aliphatic heterocycles. The maximum absolute atomic E-state index is 2.60. The molecule has 0 aromatic carbocycles. The molecule has 0 heterocycles. The van der Waals surface area contributed by atoms with Gasteiger partial charge in [0.25, 0.3) is 0 Å². The van der Waals surface area contributed by atoms with Crippen molar-refractivity contribution in [2.24, 2.45) is 0 Å². The topological polar surface area (TPSA) is 6.48 Å². The van der Waals surface area contributed by atoms with Crippen molar-refractivity contribution in [1.29, 1.82) is 0 Å². The van der Waals surface area contributed by atoms with Crippen LogP contribution in [0.2, 0.25) is 39.3 Å². The summed E-state index contributed by atoms with van der Waals surface area (Å²) in [7, 11) is -2.74. The zero-order chi connectivity index (χ0) is 16.6. The van der Waals surface area contributed by atoms with Crippen LogP contribution in [0.15, 0.2) is 12.4 Å². The van der Waals surface area contributed by atoms with E-state index in [1.54, 1.807) is 0 Å². The second kappa shape index (κ2) is 5.87. The average Bonchev–Trinajstić information content (AvgIpc) is 2.02. The van der Waals surface area contributed by atoms with Crippen LogP contribution >= 0.6 is 0 Å². The van der Waals surface area contributed by atoms with Gasteiger partial charge in [0.1, 0.15) is 16.5 Å². The summed E-state index contributed by atoms with van der Waals surface area (Å²) in [6, 6.07) is 0. The number of rotatable bonds is 4. The zero-order valence-corrected chi connectivity index (χ0v) is 18.0. The highest BCUT2D eigenvalue weighted by atomic mass is 28.3. The van der Waals surface area contributed by atoms with Gasteiger partial charge in [-0.15, -0.1) is 0 Å². The van der Waals surface area contributed by atoms with Crippen LogP contribution in [0.3, 0.4) is 0 Å². The lowest BCUT2D eigenvalue weighted by Gasteiger charge is -2.47. The standard InChI is InChI=1S/C16H38N2Si2/c1-15(2,3)17(19(7,8)9)13-14-18(16(4,5)6)20(10,11)12/h13-14H,1-12H3/b14-13-. The molecule has 0 atom stereocenters. The number of nitrogens with zero attached hydrogens (tertiary/aromatic N) is 2. The average molecular weight is 315 g/mol. The van der Waals surface area contributed by atoms with Gasteiger partial charge in [0.05, 0.1) is 0 Å². The maximum atomic E-state index is 2.60. The molecule has 0 aliphatic rings. The number of hydrogen-bond donors (Lipinski definition) is 0. The van der Waals surface area contributed by atoms with E-state index in [4.69, 9.17) is 0 Å². The normalized spacial score (nSPS) is 14.8. The third kappa shape index (κ3) is 6.04. The van der Waals surface area contributed by atoms with Crippen LogP contribution in [0.5, 0.6) is 0 Å². The van der Waals surface area contributed by atoms with E-state index in [2.05, 4.69) is 102 Å². The molecular formula is C16H38N2Si2. The predicted octanol–water partition coefficient (Wildman–Crippen LogP) is 5.33. The molecule has 20 heavy (non-hydrogen) atoms. The summed E-state index contributed by atoms with van der Waals surface area (Å²) in [5.74, 6) is 0. The Morgan fingerprint density at radius 3 is 0.850 bits per heavy atom. The van der Waals surface area contributed by atoms with Crippen molar-refractivity contribution in [2.45, 2.75) is 91.9 Å². The Labute approximate surface area is 130 Å². The molecule has 2 nitrogen and oxygen atoms in total. The van der Waals surface area contributed by atoms with Crippen molar-refractivity contribution in [3.63, 3.8) is 0 Å². The Balaban J connectivity index is 5.50. The van der Waals surface area contributed by atoms with E-state index in [9.17, 15) is 0 Å². The highest BCUT2D eigenvalue weighted by molar-refractivity contribution is 6.74. The molecule has 0 fully saturated rings. The molecule has 0 rings (SSSR count). The molecule has 0 unspecified atom stereocenters. The largest absolute Gasteiger partial charge is 0.398 e. The summed E-state index contributed by atoms with van der Waals surface area (Å²) in [6.45, 7) is 28.4. The molecule has 0 saturated heterocycles. The SMILES string of the molecule is CC(C)(C)N(/C=C\N(C(C)(C)C)[Si](C)(C)C)[Si](C)(C)C. The second-order valence-electron chi connectivity index (χ2n) is 9.72. The Bertz CT molecular complexity index is 273. The van der Waals surface area contributed by atoms with E-state index in [-0.39, 0.29) is 11.1 Å². The Morgan fingerprint density at radius 1 is 0.550 bits per heavy atom. The van der Waals surface area contributed by atoms with Crippen LogP contribution in [0, 0.1) is 0 Å². The zero-order valence-electron chi connectivity index (χ0n) is 16.0. The third-order valence-electron chi connectivity index (χ3n) is 3.26. The smallest absolute Gasteiger partial charge is 0.147 e. The first-order valence-electron chi connectivity index (χ1n) is 7.74. The summed E-state index contributed by atoms with van der Waals surface area (Å²) in [5, 5.41) is 0. The van der Waals surface area contributed by atoms with Crippen molar-refractivity contribution in [2.75, 3.05) is 0 Å². The van der Waals surface area contributed by atoms with Crippen LogP contribution in [0.25, 0.3) is 0 Å².